The minimum absolute atomic E-state index is 0.271. The van der Waals surface area contributed by atoms with Gasteiger partial charge in [0.15, 0.2) is 0 Å². The Morgan fingerprint density at radius 1 is 1.12 bits per heavy atom. The van der Waals surface area contributed by atoms with Gasteiger partial charge in [0.2, 0.25) is 5.88 Å². The zero-order valence-electron chi connectivity index (χ0n) is 13.5. The molecule has 2 atom stereocenters. The minimum atomic E-state index is -0.554. The van der Waals surface area contributed by atoms with E-state index in [1.165, 1.54) is 11.8 Å². The minimum Gasteiger partial charge on any atom is -0.480 e. The van der Waals surface area contributed by atoms with Crippen LogP contribution in [0, 0.1) is 0 Å². The van der Waals surface area contributed by atoms with Crippen LogP contribution in [0.5, 0.6) is 5.88 Å². The quantitative estimate of drug-likeness (QED) is 0.756. The van der Waals surface area contributed by atoms with Gasteiger partial charge in [0, 0.05) is 11.8 Å². The van der Waals surface area contributed by atoms with E-state index < -0.39 is 11.2 Å². The summed E-state index contributed by atoms with van der Waals surface area (Å²) in [4.78, 5) is 27.9. The molecule has 2 aromatic heterocycles. The molecule has 1 unspecified atom stereocenters. The average Bonchev–Trinajstić information content (AvgIpc) is 3.43. The number of aromatic amines is 2. The number of hydrogen-bond donors (Lipinski definition) is 2. The number of methoxy groups -OCH3 is 1. The lowest BCUT2D eigenvalue weighted by Crippen LogP contribution is -2.23. The summed E-state index contributed by atoms with van der Waals surface area (Å²) >= 11 is 0. The number of rotatable bonds is 4. The van der Waals surface area contributed by atoms with Crippen LogP contribution in [-0.2, 0) is 0 Å². The van der Waals surface area contributed by atoms with Crippen LogP contribution in [0.2, 0.25) is 0 Å². The van der Waals surface area contributed by atoms with Crippen molar-refractivity contribution in [3.63, 3.8) is 0 Å². The molecule has 1 saturated carbocycles. The van der Waals surface area contributed by atoms with E-state index in [-0.39, 0.29) is 11.5 Å². The van der Waals surface area contributed by atoms with Crippen molar-refractivity contribution in [2.24, 2.45) is 0 Å². The lowest BCUT2D eigenvalue weighted by atomic mass is 10.0. The van der Waals surface area contributed by atoms with E-state index in [1.54, 1.807) is 7.11 Å². The molecule has 7 heteroatoms. The van der Waals surface area contributed by atoms with Crippen molar-refractivity contribution < 1.29 is 4.74 Å². The molecule has 1 aromatic carbocycles. The first-order valence-electron chi connectivity index (χ1n) is 7.96. The molecule has 4 rings (SSSR count). The Morgan fingerprint density at radius 2 is 1.92 bits per heavy atom. The van der Waals surface area contributed by atoms with Crippen molar-refractivity contribution in [3.8, 4) is 17.1 Å². The predicted molar refractivity (Wildman–Crippen MR) is 91.8 cm³/mol. The molecule has 1 fully saturated rings. The summed E-state index contributed by atoms with van der Waals surface area (Å²) < 4.78 is 5.35. The van der Waals surface area contributed by atoms with Gasteiger partial charge in [-0.15, -0.1) is 10.2 Å². The Morgan fingerprint density at radius 3 is 2.64 bits per heavy atom. The van der Waals surface area contributed by atoms with Crippen LogP contribution in [0.1, 0.15) is 29.4 Å². The van der Waals surface area contributed by atoms with E-state index in [9.17, 15) is 9.59 Å². The Balaban J connectivity index is 1.73. The fourth-order valence-electron chi connectivity index (χ4n) is 3.16. The van der Waals surface area contributed by atoms with Crippen molar-refractivity contribution in [1.29, 1.82) is 0 Å². The summed E-state index contributed by atoms with van der Waals surface area (Å²) in [5.41, 5.74) is 1.83. The number of H-pyrrole nitrogens is 2. The van der Waals surface area contributed by atoms with Gasteiger partial charge in [-0.05, 0) is 29.9 Å². The maximum atomic E-state index is 12.0. The second-order valence-corrected chi connectivity index (χ2v) is 6.04. The molecule has 0 spiro atoms. The van der Waals surface area contributed by atoms with Gasteiger partial charge in [-0.25, -0.2) is 4.79 Å². The van der Waals surface area contributed by atoms with Crippen LogP contribution < -0.4 is 16.0 Å². The fourth-order valence-corrected chi connectivity index (χ4v) is 3.16. The van der Waals surface area contributed by atoms with Crippen LogP contribution >= 0.6 is 0 Å². The standard InChI is InChI=1S/C18H16N4O3/c1-25-17-13(12-7-11(12)10-5-3-2-4-6-10)8-15(21-22-17)14-9-19-18(24)20-16(14)23/h2-6,8-9,11-12H,7H2,1H3,(H2,19,20,23,24)/t11?,12-/m0/s1. The largest absolute Gasteiger partial charge is 0.480 e. The molecule has 1 aliphatic rings. The third kappa shape index (κ3) is 2.84. The van der Waals surface area contributed by atoms with Gasteiger partial charge in [0.05, 0.1) is 12.7 Å². The molecular weight excluding hydrogens is 320 g/mol. The topological polar surface area (TPSA) is 101 Å². The molecule has 0 saturated heterocycles. The Labute approximate surface area is 142 Å². The third-order valence-corrected chi connectivity index (χ3v) is 4.49. The highest BCUT2D eigenvalue weighted by molar-refractivity contribution is 5.59. The zero-order valence-corrected chi connectivity index (χ0v) is 13.5. The van der Waals surface area contributed by atoms with Crippen LogP contribution in [0.3, 0.4) is 0 Å². The van der Waals surface area contributed by atoms with Crippen LogP contribution in [0.15, 0.2) is 52.2 Å². The van der Waals surface area contributed by atoms with Crippen molar-refractivity contribution in [3.05, 3.63) is 74.6 Å². The number of benzene rings is 1. The molecule has 0 radical (unpaired) electrons. The van der Waals surface area contributed by atoms with Crippen molar-refractivity contribution in [1.82, 2.24) is 20.2 Å². The SMILES string of the molecule is COc1nnc(-c2c[nH]c(=O)[nH]c2=O)cc1[C@H]1CC1c1ccccc1. The second kappa shape index (κ2) is 6.01. The van der Waals surface area contributed by atoms with Crippen LogP contribution in [0.4, 0.5) is 0 Å². The van der Waals surface area contributed by atoms with E-state index in [4.69, 9.17) is 4.74 Å². The van der Waals surface area contributed by atoms with E-state index in [2.05, 4.69) is 32.3 Å². The normalized spacial score (nSPS) is 18.8. The number of nitrogens with one attached hydrogen (secondary N) is 2. The highest BCUT2D eigenvalue weighted by atomic mass is 16.5. The molecule has 0 bridgehead atoms. The summed E-state index contributed by atoms with van der Waals surface area (Å²) in [5, 5.41) is 8.17. The average molecular weight is 336 g/mol. The van der Waals surface area contributed by atoms with Gasteiger partial charge in [-0.1, -0.05) is 30.3 Å². The van der Waals surface area contributed by atoms with Crippen LogP contribution in [0.25, 0.3) is 11.3 Å². The molecule has 25 heavy (non-hydrogen) atoms. The fraction of sp³-hybridized carbons (Fsp3) is 0.222. The summed E-state index contributed by atoms with van der Waals surface area (Å²) in [5.74, 6) is 1.14. The molecule has 1 aliphatic carbocycles. The first-order valence-corrected chi connectivity index (χ1v) is 7.96. The number of hydrogen-bond acceptors (Lipinski definition) is 5. The lowest BCUT2D eigenvalue weighted by molar-refractivity contribution is 0.386. The summed E-state index contributed by atoms with van der Waals surface area (Å²) in [6.45, 7) is 0. The monoisotopic (exact) mass is 336 g/mol. The summed E-state index contributed by atoms with van der Waals surface area (Å²) in [6.07, 6.45) is 2.34. The third-order valence-electron chi connectivity index (χ3n) is 4.49. The highest BCUT2D eigenvalue weighted by Gasteiger charge is 2.41. The van der Waals surface area contributed by atoms with Crippen molar-refractivity contribution in [2.45, 2.75) is 18.3 Å². The van der Waals surface area contributed by atoms with Gasteiger partial charge in [-0.3, -0.25) is 9.78 Å². The Bertz CT molecular complexity index is 1030. The molecule has 126 valence electrons. The highest BCUT2D eigenvalue weighted by Crippen LogP contribution is 2.56. The summed E-state index contributed by atoms with van der Waals surface area (Å²) in [6, 6.07) is 12.1. The maximum absolute atomic E-state index is 12.0. The molecule has 2 heterocycles. The maximum Gasteiger partial charge on any atom is 0.325 e. The summed E-state index contributed by atoms with van der Waals surface area (Å²) in [7, 11) is 1.56. The lowest BCUT2D eigenvalue weighted by Gasteiger charge is -2.08. The molecular formula is C18H16N4O3. The first kappa shape index (κ1) is 15.3. The molecule has 0 aliphatic heterocycles. The van der Waals surface area contributed by atoms with Crippen LogP contribution in [-0.4, -0.2) is 27.3 Å². The van der Waals surface area contributed by atoms with E-state index >= 15 is 0 Å². The predicted octanol–water partition coefficient (Wildman–Crippen LogP) is 1.80. The van der Waals surface area contributed by atoms with Crippen molar-refractivity contribution in [2.75, 3.05) is 7.11 Å². The van der Waals surface area contributed by atoms with Gasteiger partial charge in [-0.2, -0.15) is 0 Å². The number of aromatic nitrogens is 4. The molecule has 7 nitrogen and oxygen atoms in total. The number of ether oxygens (including phenoxy) is 1. The van der Waals surface area contributed by atoms with E-state index in [1.807, 2.05) is 24.3 Å². The number of nitrogens with zero attached hydrogens (tertiary/aromatic N) is 2. The van der Waals surface area contributed by atoms with Gasteiger partial charge in [0.1, 0.15) is 5.69 Å². The molecule has 2 N–H and O–H groups in total. The molecule has 3 aromatic rings. The van der Waals surface area contributed by atoms with E-state index in [0.29, 0.717) is 17.5 Å². The Hall–Kier alpha value is -3.22. The second-order valence-electron chi connectivity index (χ2n) is 6.04. The first-order chi connectivity index (χ1) is 12.2. The Kier molecular flexibility index (Phi) is 3.68. The zero-order chi connectivity index (χ0) is 17.4. The van der Waals surface area contributed by atoms with E-state index in [0.717, 1.165) is 12.0 Å². The van der Waals surface area contributed by atoms with Gasteiger partial charge < -0.3 is 9.72 Å². The molecule has 0 amide bonds. The van der Waals surface area contributed by atoms with Gasteiger partial charge >= 0.3 is 5.69 Å². The van der Waals surface area contributed by atoms with Crippen molar-refractivity contribution >= 4 is 0 Å². The van der Waals surface area contributed by atoms with Gasteiger partial charge in [0.25, 0.3) is 5.56 Å². The smallest absolute Gasteiger partial charge is 0.325 e.